The van der Waals surface area contributed by atoms with Crippen LogP contribution in [0.1, 0.15) is 11.1 Å². The molecule has 0 saturated carbocycles. The standard InChI is InChI=1S/C19H16FNO5/c1-23-15-7-5-13(20)8-12(15)9-14-19(22)26-18(21-14)11-4-6-16(24-2)17(10-11)25-3/h4-10H,1-3H3/b14-9+. The molecule has 0 N–H and O–H groups in total. The number of halogens is 1. The van der Waals surface area contributed by atoms with Gasteiger partial charge in [-0.15, -0.1) is 0 Å². The van der Waals surface area contributed by atoms with Crippen LogP contribution in [0.2, 0.25) is 0 Å². The van der Waals surface area contributed by atoms with Gasteiger partial charge in [0.15, 0.2) is 17.2 Å². The second-order valence-electron chi connectivity index (χ2n) is 5.29. The molecule has 1 aliphatic heterocycles. The van der Waals surface area contributed by atoms with Crippen LogP contribution in [0.3, 0.4) is 0 Å². The molecule has 0 fully saturated rings. The number of carbonyl (C=O) groups is 1. The van der Waals surface area contributed by atoms with Gasteiger partial charge >= 0.3 is 5.97 Å². The highest BCUT2D eigenvalue weighted by Crippen LogP contribution is 2.30. The third-order valence-electron chi connectivity index (χ3n) is 3.73. The molecule has 1 heterocycles. The molecule has 2 aromatic carbocycles. The van der Waals surface area contributed by atoms with Gasteiger partial charge in [0.2, 0.25) is 5.90 Å². The number of methoxy groups -OCH3 is 3. The number of hydrogen-bond acceptors (Lipinski definition) is 6. The van der Waals surface area contributed by atoms with Crippen LogP contribution in [0.15, 0.2) is 47.1 Å². The molecule has 6 nitrogen and oxygen atoms in total. The summed E-state index contributed by atoms with van der Waals surface area (Å²) in [6.45, 7) is 0. The van der Waals surface area contributed by atoms with Gasteiger partial charge in [0.25, 0.3) is 0 Å². The summed E-state index contributed by atoms with van der Waals surface area (Å²) in [6, 6.07) is 9.02. The molecule has 0 amide bonds. The number of rotatable bonds is 5. The normalized spacial score (nSPS) is 14.8. The minimum atomic E-state index is -0.638. The van der Waals surface area contributed by atoms with Gasteiger partial charge in [0.05, 0.1) is 21.3 Å². The van der Waals surface area contributed by atoms with Crippen molar-refractivity contribution >= 4 is 17.9 Å². The van der Waals surface area contributed by atoms with Gasteiger partial charge < -0.3 is 18.9 Å². The number of carbonyl (C=O) groups excluding carboxylic acids is 1. The highest BCUT2D eigenvalue weighted by Gasteiger charge is 2.25. The fourth-order valence-electron chi connectivity index (χ4n) is 2.47. The molecule has 0 aromatic heterocycles. The predicted octanol–water partition coefficient (Wildman–Crippen LogP) is 3.20. The lowest BCUT2D eigenvalue weighted by Gasteiger charge is -2.08. The zero-order valence-corrected chi connectivity index (χ0v) is 14.4. The van der Waals surface area contributed by atoms with Gasteiger partial charge in [0, 0.05) is 11.1 Å². The van der Waals surface area contributed by atoms with Crippen molar-refractivity contribution in [3.05, 3.63) is 59.0 Å². The highest BCUT2D eigenvalue weighted by molar-refractivity contribution is 6.13. The summed E-state index contributed by atoms with van der Waals surface area (Å²) in [6.07, 6.45) is 1.41. The second kappa shape index (κ2) is 7.26. The van der Waals surface area contributed by atoms with E-state index in [2.05, 4.69) is 4.99 Å². The minimum Gasteiger partial charge on any atom is -0.496 e. The molecular formula is C19H16FNO5. The van der Waals surface area contributed by atoms with E-state index in [1.165, 1.54) is 45.6 Å². The zero-order chi connectivity index (χ0) is 18.7. The van der Waals surface area contributed by atoms with Crippen molar-refractivity contribution in [1.29, 1.82) is 0 Å². The van der Waals surface area contributed by atoms with Crippen molar-refractivity contribution in [2.45, 2.75) is 0 Å². The van der Waals surface area contributed by atoms with E-state index in [9.17, 15) is 9.18 Å². The molecule has 0 atom stereocenters. The van der Waals surface area contributed by atoms with E-state index in [0.29, 0.717) is 28.4 Å². The molecule has 7 heteroatoms. The average molecular weight is 357 g/mol. The number of cyclic esters (lactones) is 1. The molecule has 26 heavy (non-hydrogen) atoms. The summed E-state index contributed by atoms with van der Waals surface area (Å²) >= 11 is 0. The summed E-state index contributed by atoms with van der Waals surface area (Å²) in [5, 5.41) is 0. The number of hydrogen-bond donors (Lipinski definition) is 0. The topological polar surface area (TPSA) is 66.3 Å². The molecule has 1 aliphatic rings. The van der Waals surface area contributed by atoms with E-state index < -0.39 is 11.8 Å². The number of aliphatic imine (C=N–C) groups is 1. The first kappa shape index (κ1) is 17.5. The lowest BCUT2D eigenvalue weighted by molar-refractivity contribution is -0.129. The number of ether oxygens (including phenoxy) is 4. The quantitative estimate of drug-likeness (QED) is 0.607. The number of esters is 1. The van der Waals surface area contributed by atoms with Crippen molar-refractivity contribution in [2.24, 2.45) is 4.99 Å². The molecule has 134 valence electrons. The largest absolute Gasteiger partial charge is 0.496 e. The van der Waals surface area contributed by atoms with Gasteiger partial charge in [-0.25, -0.2) is 14.2 Å². The van der Waals surface area contributed by atoms with Crippen molar-refractivity contribution in [3.8, 4) is 17.2 Å². The molecular weight excluding hydrogens is 341 g/mol. The SMILES string of the molecule is COc1ccc(F)cc1/C=C1/N=C(c2ccc(OC)c(OC)c2)OC1=O. The van der Waals surface area contributed by atoms with Gasteiger partial charge in [-0.05, 0) is 42.5 Å². The Morgan fingerprint density at radius 2 is 1.65 bits per heavy atom. The van der Waals surface area contributed by atoms with Crippen LogP contribution in [-0.4, -0.2) is 33.2 Å². The Labute approximate surface area is 149 Å². The van der Waals surface area contributed by atoms with E-state index in [4.69, 9.17) is 18.9 Å². The maximum atomic E-state index is 13.5. The molecule has 0 saturated heterocycles. The van der Waals surface area contributed by atoms with Crippen LogP contribution in [0, 0.1) is 5.82 Å². The van der Waals surface area contributed by atoms with Crippen molar-refractivity contribution in [2.75, 3.05) is 21.3 Å². The van der Waals surface area contributed by atoms with E-state index in [0.717, 1.165) is 0 Å². The van der Waals surface area contributed by atoms with Crippen LogP contribution in [0.5, 0.6) is 17.2 Å². The van der Waals surface area contributed by atoms with Crippen LogP contribution < -0.4 is 14.2 Å². The fourth-order valence-corrected chi connectivity index (χ4v) is 2.47. The predicted molar refractivity (Wildman–Crippen MR) is 93.1 cm³/mol. The van der Waals surface area contributed by atoms with E-state index in [1.807, 2.05) is 0 Å². The van der Waals surface area contributed by atoms with E-state index >= 15 is 0 Å². The van der Waals surface area contributed by atoms with Crippen molar-refractivity contribution in [1.82, 2.24) is 0 Å². The first-order chi connectivity index (χ1) is 12.5. The molecule has 2 aromatic rings. The van der Waals surface area contributed by atoms with E-state index in [1.54, 1.807) is 18.2 Å². The van der Waals surface area contributed by atoms with Gasteiger partial charge in [-0.2, -0.15) is 0 Å². The average Bonchev–Trinajstić information content (AvgIpc) is 3.02. The monoisotopic (exact) mass is 357 g/mol. The number of benzene rings is 2. The van der Waals surface area contributed by atoms with Gasteiger partial charge in [-0.1, -0.05) is 0 Å². The Morgan fingerprint density at radius 1 is 0.962 bits per heavy atom. The summed E-state index contributed by atoms with van der Waals surface area (Å²) in [7, 11) is 4.49. The Kier molecular flexibility index (Phi) is 4.88. The molecule has 0 radical (unpaired) electrons. The molecule has 0 unspecified atom stereocenters. The van der Waals surface area contributed by atoms with E-state index in [-0.39, 0.29) is 11.6 Å². The minimum absolute atomic E-state index is 0.0404. The molecule has 0 aliphatic carbocycles. The van der Waals surface area contributed by atoms with Gasteiger partial charge in [0.1, 0.15) is 11.6 Å². The summed E-state index contributed by atoms with van der Waals surface area (Å²) < 4.78 is 34.3. The maximum Gasteiger partial charge on any atom is 0.363 e. The third kappa shape index (κ3) is 3.37. The smallest absolute Gasteiger partial charge is 0.363 e. The summed E-state index contributed by atoms with van der Waals surface area (Å²) in [5.74, 6) is 0.475. The Balaban J connectivity index is 1.98. The number of nitrogens with zero attached hydrogens (tertiary/aromatic N) is 1. The molecule has 0 bridgehead atoms. The van der Waals surface area contributed by atoms with Crippen LogP contribution in [0.4, 0.5) is 4.39 Å². The zero-order valence-electron chi connectivity index (χ0n) is 14.4. The molecule has 0 spiro atoms. The van der Waals surface area contributed by atoms with Crippen LogP contribution in [0.25, 0.3) is 6.08 Å². The van der Waals surface area contributed by atoms with Crippen molar-refractivity contribution < 1.29 is 28.1 Å². The molecule has 3 rings (SSSR count). The van der Waals surface area contributed by atoms with Crippen molar-refractivity contribution in [3.63, 3.8) is 0 Å². The highest BCUT2D eigenvalue weighted by atomic mass is 19.1. The lowest BCUT2D eigenvalue weighted by atomic mass is 10.1. The summed E-state index contributed by atoms with van der Waals surface area (Å²) in [4.78, 5) is 16.3. The maximum absolute atomic E-state index is 13.5. The second-order valence-corrected chi connectivity index (χ2v) is 5.29. The first-order valence-electron chi connectivity index (χ1n) is 7.64. The van der Waals surface area contributed by atoms with Gasteiger partial charge in [-0.3, -0.25) is 0 Å². The Bertz CT molecular complexity index is 920. The first-order valence-corrected chi connectivity index (χ1v) is 7.64. The third-order valence-corrected chi connectivity index (χ3v) is 3.73. The Morgan fingerprint density at radius 3 is 2.35 bits per heavy atom. The summed E-state index contributed by atoms with van der Waals surface area (Å²) in [5.41, 5.74) is 0.973. The van der Waals surface area contributed by atoms with Crippen LogP contribution >= 0.6 is 0 Å². The lowest BCUT2D eigenvalue weighted by Crippen LogP contribution is -2.06. The van der Waals surface area contributed by atoms with Crippen LogP contribution in [-0.2, 0) is 9.53 Å². The fraction of sp³-hybridized carbons (Fsp3) is 0.158. The Hall–Kier alpha value is -3.35.